The van der Waals surface area contributed by atoms with Crippen LogP contribution in [0.15, 0.2) is 29.2 Å². The normalized spacial score (nSPS) is 51.9. The maximum absolute atomic E-state index is 12.6. The van der Waals surface area contributed by atoms with Crippen molar-refractivity contribution in [2.75, 3.05) is 62.0 Å². The number of ketones is 2. The number of nitrogens with zero attached hydrogens (tertiary/aromatic N) is 2. The van der Waals surface area contributed by atoms with Crippen LogP contribution in [0.4, 0.5) is 0 Å². The molecule has 1 aromatic carbocycles. The molecule has 20 aliphatic carbocycles. The van der Waals surface area contributed by atoms with Gasteiger partial charge in [-0.3, -0.25) is 14.1 Å². The zero-order valence-electron chi connectivity index (χ0n) is 95.0. The van der Waals surface area contributed by atoms with Crippen molar-refractivity contribution in [3.8, 4) is 12.1 Å². The molecule has 0 bridgehead atoms. The van der Waals surface area contributed by atoms with Crippen molar-refractivity contribution in [1.29, 1.82) is 10.5 Å². The largest absolute Gasteiger partial charge is 0.412 e. The van der Waals surface area contributed by atoms with Crippen molar-refractivity contribution in [2.45, 2.75) is 435 Å². The summed E-state index contributed by atoms with van der Waals surface area (Å²) >= 11 is 0. The van der Waals surface area contributed by atoms with Crippen LogP contribution in [0.3, 0.4) is 0 Å². The number of benzene rings is 1. The average molecular weight is 2060 g/mol. The Labute approximate surface area is 881 Å². The molecule has 0 radical (unpaired) electrons. The zero-order chi connectivity index (χ0) is 105. The first kappa shape index (κ1) is 114. The molecule has 46 atom stereocenters. The molecule has 826 valence electrons. The van der Waals surface area contributed by atoms with Gasteiger partial charge in [0.05, 0.1) is 110 Å². The molecule has 2 saturated heterocycles. The van der Waals surface area contributed by atoms with Gasteiger partial charge in [0.15, 0.2) is 11.6 Å². The lowest BCUT2D eigenvalue weighted by atomic mass is 9.43. The van der Waals surface area contributed by atoms with Crippen molar-refractivity contribution < 1.29 is 91.1 Å². The number of nitriles is 2. The first-order valence-corrected chi connectivity index (χ1v) is 60.4. The number of carbonyl (C=O) groups is 2. The van der Waals surface area contributed by atoms with E-state index in [2.05, 4.69) is 144 Å². The maximum atomic E-state index is 12.6. The van der Waals surface area contributed by atoms with Crippen LogP contribution >= 0.6 is 0 Å². The molecule has 23 rings (SSSR count). The van der Waals surface area contributed by atoms with E-state index in [-0.39, 0.29) is 148 Å². The number of aliphatic hydroxyl groups is 4. The van der Waals surface area contributed by atoms with E-state index < -0.39 is 21.7 Å². The van der Waals surface area contributed by atoms with E-state index >= 15 is 0 Å². The van der Waals surface area contributed by atoms with E-state index in [0.29, 0.717) is 154 Å². The molecule has 0 amide bonds. The van der Waals surface area contributed by atoms with Gasteiger partial charge < -0.3 is 68.5 Å². The first-order chi connectivity index (χ1) is 68.1. The Morgan fingerprint density at radius 1 is 0.363 bits per heavy atom. The second-order valence-electron chi connectivity index (χ2n) is 58.6. The standard InChI is InChI=1S/C26H44O4.C26H42O4.2C22H35NO2.C21H34O3.C7H8O3S.H2O/c2*1-16-12-24(4)17(11-20(16)27)7-8-18-19-9-10-26(29-14-23(2,3)15-30-26)25(19,5)13-21(28-6)22(18)24;2*1-13-10-22(3)14(9-18(13)24)5-7-16-17-8-6-15(12-23)21(17,2)11-19(25-4)20(16)22;1-12-10-20(2)13(9-16(12)22)5-6-14-15-7-8-18(23)21(15,3)11-17(24-4)19(14)20;1-6-2-4-7(5-3-6)11(8,9)10;/h16-22,27H,7-15H2,1-6H3;16-19,21-22H,7-15H2,1-6H3;2*13-20,24H,5-11H2,1-4H3;12-17,19,22H,5-11H2,1-4H3;2-5H,1H3,(H,8,9,10);1H2/t16-,17+,18+,19+,20+,21+,22-,24+,25+;16-,17+,18+,19+,21+,22-,24+,25+;13-,14+,15+,16+,17+,18+,19+,20-,21-,22+;13-,14+,15-,16+,17+,18+,19+,20-,21-,22+;12-,13+,14+,15+,16+,17+,19-,20+,21+;;/m11111../s1. The summed E-state index contributed by atoms with van der Waals surface area (Å²) in [5.41, 5.74) is 2.62. The molecule has 22 heteroatoms. The van der Waals surface area contributed by atoms with Crippen LogP contribution in [0, 0.1) is 254 Å². The van der Waals surface area contributed by atoms with Crippen LogP contribution < -0.4 is 0 Å². The Kier molecular flexibility index (Phi) is 32.3. The molecule has 1 aromatic rings. The molecule has 2 aliphatic heterocycles. The van der Waals surface area contributed by atoms with Crippen LogP contribution in [-0.4, -0.2) is 179 Å². The highest BCUT2D eigenvalue weighted by atomic mass is 32.2. The molecule has 0 aromatic heterocycles. The minimum absolute atomic E-state index is 0. The topological polar surface area (TPSA) is 332 Å². The Hall–Kier alpha value is -3.11. The summed E-state index contributed by atoms with van der Waals surface area (Å²) in [7, 11) is 5.43. The number of hydrogen-bond acceptors (Lipinski definition) is 19. The number of Topliss-reactive ketones (excluding diaryl/α,β-unsaturated/α-hetero) is 2. The fraction of sp³-hybridized carbons (Fsp3) is 0.919. The fourth-order valence-corrected chi connectivity index (χ4v) is 43.0. The van der Waals surface area contributed by atoms with E-state index in [0.717, 1.165) is 167 Å². The number of aryl methyl sites for hydroxylation is 1. The highest BCUT2D eigenvalue weighted by Gasteiger charge is 2.75. The summed E-state index contributed by atoms with van der Waals surface area (Å²) < 4.78 is 87.0. The number of carbonyl (C=O) groups excluding carboxylic acids is 2. The lowest BCUT2D eigenvalue weighted by Gasteiger charge is -2.64. The van der Waals surface area contributed by atoms with Crippen molar-refractivity contribution >= 4 is 21.7 Å². The number of fused-ring (bicyclic) bond motifs is 27. The van der Waals surface area contributed by atoms with Gasteiger partial charge in [0.1, 0.15) is 11.6 Å². The van der Waals surface area contributed by atoms with E-state index in [1.165, 1.54) is 102 Å². The van der Waals surface area contributed by atoms with E-state index in [4.69, 9.17) is 47.2 Å². The van der Waals surface area contributed by atoms with E-state index in [1.54, 1.807) is 12.1 Å². The molecule has 0 unspecified atom stereocenters. The molecule has 20 saturated carbocycles. The third kappa shape index (κ3) is 18.8. The Morgan fingerprint density at radius 3 is 0.986 bits per heavy atom. The second-order valence-corrected chi connectivity index (χ2v) is 60.0. The summed E-state index contributed by atoms with van der Waals surface area (Å²) in [4.78, 5) is 25.1. The number of ether oxygens (including phenoxy) is 9. The van der Waals surface area contributed by atoms with Crippen LogP contribution in [0.1, 0.15) is 362 Å². The van der Waals surface area contributed by atoms with Gasteiger partial charge in [0.25, 0.3) is 10.1 Å². The summed E-state index contributed by atoms with van der Waals surface area (Å²) in [6.07, 6.45) is 39.3. The molecule has 2 spiro atoms. The average Bonchev–Trinajstić information content (AvgIpc) is 1.60. The number of aliphatic hydroxyl groups excluding tert-OH is 4. The summed E-state index contributed by atoms with van der Waals surface area (Å²) in [5, 5.41) is 61.3. The van der Waals surface area contributed by atoms with Gasteiger partial charge >= 0.3 is 0 Å². The van der Waals surface area contributed by atoms with Gasteiger partial charge in [0, 0.05) is 94.2 Å². The van der Waals surface area contributed by atoms with Gasteiger partial charge in [-0.25, -0.2) is 0 Å². The predicted molar refractivity (Wildman–Crippen MR) is 566 cm³/mol. The Morgan fingerprint density at radius 2 is 0.664 bits per heavy atom. The minimum Gasteiger partial charge on any atom is -0.412 e. The molecule has 146 heavy (non-hydrogen) atoms. The molecule has 7 N–H and O–H groups in total. The van der Waals surface area contributed by atoms with Gasteiger partial charge in [0.2, 0.25) is 0 Å². The fourth-order valence-electron chi connectivity index (χ4n) is 42.5. The monoisotopic (exact) mass is 2050 g/mol. The second kappa shape index (κ2) is 41.4. The summed E-state index contributed by atoms with van der Waals surface area (Å²) in [6.45, 7) is 49.4. The summed E-state index contributed by atoms with van der Waals surface area (Å²) in [6, 6.07) is 11.3. The van der Waals surface area contributed by atoms with Gasteiger partial charge in [-0.1, -0.05) is 149 Å². The summed E-state index contributed by atoms with van der Waals surface area (Å²) in [5.74, 6) is 14.7. The smallest absolute Gasteiger partial charge is 0.294 e. The quantitative estimate of drug-likeness (QED) is 0.165. The molecular weight excluding hydrogens is 1850 g/mol. The molecule has 21 nitrogen and oxygen atoms in total. The lowest BCUT2D eigenvalue weighted by Crippen LogP contribution is -2.64. The Balaban J connectivity index is 0.000000122. The van der Waals surface area contributed by atoms with Crippen molar-refractivity contribution in [1.82, 2.24) is 0 Å². The van der Waals surface area contributed by atoms with Crippen LogP contribution in [0.2, 0.25) is 0 Å². The van der Waals surface area contributed by atoms with Crippen molar-refractivity contribution in [3.05, 3.63) is 29.8 Å². The van der Waals surface area contributed by atoms with Crippen molar-refractivity contribution in [3.63, 3.8) is 0 Å². The van der Waals surface area contributed by atoms with Crippen LogP contribution in [0.5, 0.6) is 0 Å². The third-order valence-corrected chi connectivity index (χ3v) is 51.0. The number of hydrogen-bond donors (Lipinski definition) is 5. The van der Waals surface area contributed by atoms with Gasteiger partial charge in [-0.15, -0.1) is 0 Å². The van der Waals surface area contributed by atoms with Crippen LogP contribution in [-0.2, 0) is 62.3 Å². The Bertz CT molecular complexity index is 4840. The minimum atomic E-state index is -4.02. The maximum Gasteiger partial charge on any atom is 0.294 e. The lowest BCUT2D eigenvalue weighted by molar-refractivity contribution is -0.354. The van der Waals surface area contributed by atoms with E-state index in [9.17, 15) is 49.0 Å². The highest BCUT2D eigenvalue weighted by Crippen LogP contribution is 2.77. The molecule has 22 fully saturated rings. The number of methoxy groups -OCH3 is 5. The first-order valence-electron chi connectivity index (χ1n) is 58.9. The predicted octanol–water partition coefficient (Wildman–Crippen LogP) is 23.3. The molecule has 2 heterocycles. The van der Waals surface area contributed by atoms with Gasteiger partial charge in [-0.05, 0) is 398 Å². The van der Waals surface area contributed by atoms with Crippen LogP contribution in [0.25, 0.3) is 0 Å². The molecular formula is C124H200N2O19S. The van der Waals surface area contributed by atoms with E-state index in [1.807, 2.05) is 42.5 Å². The molecule has 22 aliphatic rings. The van der Waals surface area contributed by atoms with Gasteiger partial charge in [-0.2, -0.15) is 18.9 Å². The third-order valence-electron chi connectivity index (χ3n) is 50.1. The number of rotatable bonds is 6. The van der Waals surface area contributed by atoms with Crippen molar-refractivity contribution in [2.24, 2.45) is 225 Å². The zero-order valence-corrected chi connectivity index (χ0v) is 95.8. The highest BCUT2D eigenvalue weighted by molar-refractivity contribution is 7.85. The SMILES string of the molecule is CO[C@H]1C[C@@]2(C)[C@@H](CCC23OCC(C)(C)CO3)[C@@H]2CC[C@H]3CC(=O)[C@H](C)C[C@]3(C)[C@H]21.CO[C@H]1C[C@@]2(C)[C@@H](CCC23OCC(C)(C)CO3)[C@@H]2CC[C@H]3C[C@H](O)[C@H](C)C[C@]3(C)[C@H]21.CO[C@H]1C[C@]2(C)C(=O)CC[C@H]2[C@@H]2CC[C@H]3C[C@H](O)[C@H](C)C[C@]3(C)[C@H]21.CO[C@H]1C[C@]2(C)[C@@H](C#N)CC[C@H]2[C@@H]2CC[C@H]3C[C@H](O)[C@H](C)C[C@]3(C)[C@H]21.CO[C@H]1C[C@]2(C)[C@H](C#N)CC[C@H]2[C@@H]2CC[C@H]3C[C@H](O)[C@H](C)C[C@]3(C)[C@H]21.Cc1ccc(S(=O)(=O)O)cc1.O.